The maximum absolute atomic E-state index is 13.7. The average molecular weight is 485 g/mol. The van der Waals surface area contributed by atoms with Crippen LogP contribution in [0, 0.1) is 12.3 Å². The highest BCUT2D eigenvalue weighted by Crippen LogP contribution is 2.38. The van der Waals surface area contributed by atoms with Crippen molar-refractivity contribution >= 4 is 28.6 Å². The van der Waals surface area contributed by atoms with Crippen LogP contribution in [0.1, 0.15) is 11.1 Å². The van der Waals surface area contributed by atoms with Crippen LogP contribution in [-0.2, 0) is 17.1 Å². The summed E-state index contributed by atoms with van der Waals surface area (Å²) in [6.07, 6.45) is -4.99. The fraction of sp³-hybridized carbons (Fsp3) is 0.190. The van der Waals surface area contributed by atoms with Gasteiger partial charge in [-0.1, -0.05) is 29.8 Å². The molecule has 3 aromatic rings. The van der Waals surface area contributed by atoms with Gasteiger partial charge in [-0.15, -0.1) is 6.42 Å². The van der Waals surface area contributed by atoms with Gasteiger partial charge in [-0.05, 0) is 30.3 Å². The van der Waals surface area contributed by atoms with Gasteiger partial charge in [-0.2, -0.15) is 26.3 Å². The second-order valence-electron chi connectivity index (χ2n) is 6.55. The smallest absolute Gasteiger partial charge is 0.344 e. The van der Waals surface area contributed by atoms with Crippen molar-refractivity contribution in [3.8, 4) is 18.0 Å². The predicted molar refractivity (Wildman–Crippen MR) is 110 cm³/mol. The molecule has 2 aromatic carbocycles. The quantitative estimate of drug-likeness (QED) is 0.254. The zero-order valence-corrected chi connectivity index (χ0v) is 17.2. The van der Waals surface area contributed by atoms with E-state index in [4.69, 9.17) is 6.42 Å². The molecular formula is C21H13F6N3O2S. The van der Waals surface area contributed by atoms with Crippen LogP contribution in [0.2, 0.25) is 0 Å². The summed E-state index contributed by atoms with van der Waals surface area (Å²) in [6.45, 7) is -0.108. The number of fused-ring (bicyclic) bond motifs is 1. The molecule has 0 aliphatic carbocycles. The molecule has 0 radical (unpaired) electrons. The Morgan fingerprint density at radius 3 is 2.42 bits per heavy atom. The summed E-state index contributed by atoms with van der Waals surface area (Å²) in [5, 5.41) is 1.84. The Labute approximate surface area is 186 Å². The van der Waals surface area contributed by atoms with Gasteiger partial charge in [0.15, 0.2) is 5.16 Å². The van der Waals surface area contributed by atoms with Gasteiger partial charge in [0.1, 0.15) is 0 Å². The van der Waals surface area contributed by atoms with Crippen molar-refractivity contribution in [2.75, 3.05) is 12.3 Å². The molecule has 12 heteroatoms. The molecule has 33 heavy (non-hydrogen) atoms. The van der Waals surface area contributed by atoms with Crippen molar-refractivity contribution in [1.82, 2.24) is 14.9 Å². The molecule has 5 nitrogen and oxygen atoms in total. The number of thioether (sulfide) groups is 1. The Bertz CT molecular complexity index is 1310. The lowest BCUT2D eigenvalue weighted by molar-refractivity contribution is -0.141. The van der Waals surface area contributed by atoms with Gasteiger partial charge >= 0.3 is 12.4 Å². The van der Waals surface area contributed by atoms with Gasteiger partial charge in [-0.25, -0.2) is 4.98 Å². The minimum atomic E-state index is -5.07. The highest BCUT2D eigenvalue weighted by atomic mass is 32.2. The predicted octanol–water partition coefficient (Wildman–Crippen LogP) is 4.26. The maximum Gasteiger partial charge on any atom is 0.418 e. The third kappa shape index (κ3) is 5.31. The van der Waals surface area contributed by atoms with Gasteiger partial charge in [0, 0.05) is 0 Å². The second-order valence-corrected chi connectivity index (χ2v) is 7.49. The van der Waals surface area contributed by atoms with Gasteiger partial charge in [-0.3, -0.25) is 14.2 Å². The van der Waals surface area contributed by atoms with Crippen molar-refractivity contribution in [2.45, 2.75) is 17.5 Å². The molecule has 1 heterocycles. The summed E-state index contributed by atoms with van der Waals surface area (Å²) in [5.74, 6) is 1.17. The van der Waals surface area contributed by atoms with Gasteiger partial charge in [0.2, 0.25) is 5.91 Å². The third-order valence-electron chi connectivity index (χ3n) is 4.34. The van der Waals surface area contributed by atoms with Crippen molar-refractivity contribution in [3.05, 3.63) is 63.9 Å². The lowest BCUT2D eigenvalue weighted by Gasteiger charge is -2.19. The lowest BCUT2D eigenvalue weighted by atomic mass is 10.1. The number of rotatable bonds is 5. The molecular weight excluding hydrogens is 472 g/mol. The van der Waals surface area contributed by atoms with Crippen LogP contribution in [0.25, 0.3) is 16.6 Å². The fourth-order valence-electron chi connectivity index (χ4n) is 2.89. The number of benzene rings is 2. The first-order valence-electron chi connectivity index (χ1n) is 9.07. The number of para-hydroxylation sites is 1. The number of hydrogen-bond acceptors (Lipinski definition) is 4. The van der Waals surface area contributed by atoms with E-state index in [-0.39, 0.29) is 40.8 Å². The molecule has 0 fully saturated rings. The van der Waals surface area contributed by atoms with E-state index in [1.165, 1.54) is 24.3 Å². The summed E-state index contributed by atoms with van der Waals surface area (Å²) in [7, 11) is 0. The van der Waals surface area contributed by atoms with Crippen LogP contribution in [-0.4, -0.2) is 27.8 Å². The third-order valence-corrected chi connectivity index (χ3v) is 5.27. The Morgan fingerprint density at radius 1 is 1.09 bits per heavy atom. The normalized spacial score (nSPS) is 11.9. The second kappa shape index (κ2) is 9.19. The van der Waals surface area contributed by atoms with Gasteiger partial charge in [0.25, 0.3) is 5.56 Å². The molecule has 1 aromatic heterocycles. The molecule has 0 unspecified atom stereocenters. The number of halogens is 6. The first kappa shape index (κ1) is 24.2. The number of terminal acetylenes is 1. The average Bonchev–Trinajstić information content (AvgIpc) is 2.74. The summed E-state index contributed by atoms with van der Waals surface area (Å²) >= 11 is 0.585. The number of hydrogen-bond donors (Lipinski definition) is 1. The van der Waals surface area contributed by atoms with Crippen LogP contribution in [0.5, 0.6) is 0 Å². The van der Waals surface area contributed by atoms with Crippen molar-refractivity contribution < 1.29 is 31.1 Å². The SMILES string of the molecule is C#CCNC(=O)CSc1nc2ccccc2c(=O)n1-c1cc(C(F)(F)F)ccc1C(F)(F)F. The van der Waals surface area contributed by atoms with E-state index >= 15 is 0 Å². The maximum atomic E-state index is 13.7. The zero-order valence-electron chi connectivity index (χ0n) is 16.4. The van der Waals surface area contributed by atoms with Crippen LogP contribution in [0.15, 0.2) is 52.4 Å². The van der Waals surface area contributed by atoms with E-state index < -0.39 is 46.4 Å². The number of aromatic nitrogens is 2. The minimum absolute atomic E-state index is 0.103. The molecule has 172 valence electrons. The Hall–Kier alpha value is -3.46. The van der Waals surface area contributed by atoms with E-state index in [1.807, 2.05) is 0 Å². The van der Waals surface area contributed by atoms with Crippen LogP contribution in [0.4, 0.5) is 26.3 Å². The number of alkyl halides is 6. The molecule has 0 aliphatic rings. The Kier molecular flexibility index (Phi) is 6.73. The molecule has 3 rings (SSSR count). The Morgan fingerprint density at radius 2 is 1.79 bits per heavy atom. The highest BCUT2D eigenvalue weighted by molar-refractivity contribution is 7.99. The van der Waals surface area contributed by atoms with Gasteiger partial charge in [0.05, 0.1) is 40.0 Å². The van der Waals surface area contributed by atoms with E-state index in [2.05, 4.69) is 16.2 Å². The van der Waals surface area contributed by atoms with Crippen LogP contribution < -0.4 is 10.9 Å². The van der Waals surface area contributed by atoms with E-state index in [1.54, 1.807) is 0 Å². The largest absolute Gasteiger partial charge is 0.418 e. The number of carbonyl (C=O) groups excluding carboxylic acids is 1. The van der Waals surface area contributed by atoms with E-state index in [0.29, 0.717) is 16.3 Å². The number of nitrogens with zero attached hydrogens (tertiary/aromatic N) is 2. The molecule has 0 saturated heterocycles. The Balaban J connectivity index is 2.29. The fourth-order valence-corrected chi connectivity index (χ4v) is 3.72. The first-order valence-corrected chi connectivity index (χ1v) is 10.1. The summed E-state index contributed by atoms with van der Waals surface area (Å²) in [5.41, 5.74) is -4.81. The van der Waals surface area contributed by atoms with Crippen molar-refractivity contribution in [1.29, 1.82) is 0 Å². The molecule has 0 spiro atoms. The van der Waals surface area contributed by atoms with Gasteiger partial charge < -0.3 is 5.32 Å². The van der Waals surface area contributed by atoms with Crippen molar-refractivity contribution in [3.63, 3.8) is 0 Å². The van der Waals surface area contributed by atoms with Crippen molar-refractivity contribution in [2.24, 2.45) is 0 Å². The topological polar surface area (TPSA) is 64.0 Å². The van der Waals surface area contributed by atoms with Crippen LogP contribution in [0.3, 0.4) is 0 Å². The number of carbonyl (C=O) groups is 1. The monoisotopic (exact) mass is 485 g/mol. The molecule has 0 atom stereocenters. The van der Waals surface area contributed by atoms with E-state index in [0.717, 1.165) is 0 Å². The minimum Gasteiger partial charge on any atom is -0.344 e. The first-order chi connectivity index (χ1) is 15.4. The number of amides is 1. The van der Waals surface area contributed by atoms with Crippen LogP contribution >= 0.6 is 11.8 Å². The highest BCUT2D eigenvalue weighted by Gasteiger charge is 2.38. The lowest BCUT2D eigenvalue weighted by Crippen LogP contribution is -2.28. The molecule has 0 aliphatic heterocycles. The standard InChI is InChI=1S/C21H13F6N3O2S/c1-2-9-28-17(31)11-33-19-29-15-6-4-3-5-13(15)18(32)30(19)16-10-12(20(22,23)24)7-8-14(16)21(25,26)27/h1,3-8,10H,9,11H2,(H,28,31). The number of nitrogens with one attached hydrogen (secondary N) is 1. The summed E-state index contributed by atoms with van der Waals surface area (Å²) < 4.78 is 81.3. The molecule has 0 saturated carbocycles. The summed E-state index contributed by atoms with van der Waals surface area (Å²) in [6, 6.07) is 6.45. The molecule has 0 bridgehead atoms. The summed E-state index contributed by atoms with van der Waals surface area (Å²) in [4.78, 5) is 29.2. The molecule has 1 N–H and O–H groups in total. The zero-order chi connectivity index (χ0) is 24.4. The van der Waals surface area contributed by atoms with E-state index in [9.17, 15) is 35.9 Å². The molecule has 1 amide bonds.